The van der Waals surface area contributed by atoms with Crippen molar-refractivity contribution >= 4 is 22.4 Å². The summed E-state index contributed by atoms with van der Waals surface area (Å²) in [6.07, 6.45) is 3.98. The number of nitrogens with one attached hydrogen (secondary N) is 1. The van der Waals surface area contributed by atoms with E-state index in [9.17, 15) is 12.8 Å². The molecule has 1 heterocycles. The van der Waals surface area contributed by atoms with Gasteiger partial charge in [-0.2, -0.15) is 4.98 Å². The summed E-state index contributed by atoms with van der Waals surface area (Å²) in [6.45, 7) is 0.0961. The van der Waals surface area contributed by atoms with E-state index in [1.165, 1.54) is 12.1 Å². The van der Waals surface area contributed by atoms with Crippen molar-refractivity contribution in [3.05, 3.63) is 41.8 Å². The number of hydrogen-bond acceptors (Lipinski definition) is 6. The lowest BCUT2D eigenvalue weighted by atomic mass is 9.99. The van der Waals surface area contributed by atoms with Gasteiger partial charge < -0.3 is 10.3 Å². The molecule has 25 heavy (non-hydrogen) atoms. The average molecular weight is 391 g/mol. The van der Waals surface area contributed by atoms with Crippen molar-refractivity contribution in [2.45, 2.75) is 42.5 Å². The van der Waals surface area contributed by atoms with Crippen molar-refractivity contribution in [2.24, 2.45) is 5.73 Å². The number of hydrogen-bond donors (Lipinski definition) is 2. The third kappa shape index (κ3) is 4.55. The minimum Gasteiger partial charge on any atom is -0.339 e. The van der Waals surface area contributed by atoms with E-state index in [1.54, 1.807) is 0 Å². The topological polar surface area (TPSA) is 111 Å². The Morgan fingerprint density at radius 3 is 2.52 bits per heavy atom. The minimum absolute atomic E-state index is 0. The van der Waals surface area contributed by atoms with Gasteiger partial charge in [0.2, 0.25) is 15.9 Å². The highest BCUT2D eigenvalue weighted by Gasteiger charge is 2.35. The molecule has 1 fully saturated rings. The van der Waals surface area contributed by atoms with Crippen molar-refractivity contribution < 1.29 is 17.3 Å². The van der Waals surface area contributed by atoms with Crippen LogP contribution in [-0.4, -0.2) is 25.1 Å². The second-order valence-electron chi connectivity index (χ2n) is 5.98. The smallest absolute Gasteiger partial charge is 0.240 e. The first-order valence-electron chi connectivity index (χ1n) is 7.76. The highest BCUT2D eigenvalue weighted by Crippen LogP contribution is 2.34. The lowest BCUT2D eigenvalue weighted by molar-refractivity contribution is 0.348. The van der Waals surface area contributed by atoms with Gasteiger partial charge in [-0.25, -0.2) is 17.5 Å². The maximum Gasteiger partial charge on any atom is 0.240 e. The molecule has 0 amide bonds. The Kier molecular flexibility index (Phi) is 6.15. The monoisotopic (exact) mass is 390 g/mol. The number of benzene rings is 1. The SMILES string of the molecule is Cl.NC1(c2noc(CCNS(=O)(=O)c3ccc(F)cc3)n2)CCCC1. The van der Waals surface area contributed by atoms with Crippen molar-refractivity contribution in [3.63, 3.8) is 0 Å². The number of aromatic nitrogens is 2. The van der Waals surface area contributed by atoms with Gasteiger partial charge in [0.05, 0.1) is 10.4 Å². The van der Waals surface area contributed by atoms with Crippen LogP contribution in [0, 0.1) is 5.82 Å². The molecule has 0 saturated heterocycles. The molecule has 0 aliphatic heterocycles. The van der Waals surface area contributed by atoms with E-state index in [2.05, 4.69) is 14.9 Å². The fraction of sp³-hybridized carbons (Fsp3) is 0.467. The van der Waals surface area contributed by atoms with Gasteiger partial charge in [0.25, 0.3) is 0 Å². The van der Waals surface area contributed by atoms with Crippen LogP contribution in [0.3, 0.4) is 0 Å². The Morgan fingerprint density at radius 2 is 1.88 bits per heavy atom. The lowest BCUT2D eigenvalue weighted by Crippen LogP contribution is -2.34. The molecule has 1 aliphatic carbocycles. The first kappa shape index (κ1) is 19.8. The molecule has 7 nitrogen and oxygen atoms in total. The Labute approximate surface area is 151 Å². The van der Waals surface area contributed by atoms with Gasteiger partial charge in [0, 0.05) is 13.0 Å². The van der Waals surface area contributed by atoms with Gasteiger partial charge in [-0.3, -0.25) is 0 Å². The van der Waals surface area contributed by atoms with Crippen LogP contribution in [0.25, 0.3) is 0 Å². The van der Waals surface area contributed by atoms with Crippen LogP contribution >= 0.6 is 12.4 Å². The molecule has 1 aromatic heterocycles. The van der Waals surface area contributed by atoms with Gasteiger partial charge in [-0.15, -0.1) is 12.4 Å². The molecule has 0 radical (unpaired) electrons. The zero-order valence-electron chi connectivity index (χ0n) is 13.4. The largest absolute Gasteiger partial charge is 0.339 e. The van der Waals surface area contributed by atoms with Gasteiger partial charge in [-0.1, -0.05) is 18.0 Å². The average Bonchev–Trinajstić information content (AvgIpc) is 3.18. The maximum absolute atomic E-state index is 12.9. The summed E-state index contributed by atoms with van der Waals surface area (Å²) in [5.74, 6) is 0.329. The van der Waals surface area contributed by atoms with E-state index in [-0.39, 0.29) is 30.3 Å². The first-order chi connectivity index (χ1) is 11.4. The van der Waals surface area contributed by atoms with E-state index in [0.717, 1.165) is 37.8 Å². The van der Waals surface area contributed by atoms with Gasteiger partial charge in [-0.05, 0) is 37.1 Å². The number of nitrogens with two attached hydrogens (primary N) is 1. The summed E-state index contributed by atoms with van der Waals surface area (Å²) in [5, 5.41) is 3.92. The molecule has 3 rings (SSSR count). The van der Waals surface area contributed by atoms with Crippen molar-refractivity contribution in [1.29, 1.82) is 0 Å². The van der Waals surface area contributed by atoms with Crippen LogP contribution in [0.2, 0.25) is 0 Å². The van der Waals surface area contributed by atoms with Crippen LogP contribution in [0.4, 0.5) is 4.39 Å². The zero-order chi connectivity index (χ0) is 17.2. The quantitative estimate of drug-likeness (QED) is 0.778. The van der Waals surface area contributed by atoms with E-state index < -0.39 is 21.4 Å². The molecule has 3 N–H and O–H groups in total. The zero-order valence-corrected chi connectivity index (χ0v) is 15.1. The molecular weight excluding hydrogens is 371 g/mol. The second kappa shape index (κ2) is 7.77. The summed E-state index contributed by atoms with van der Waals surface area (Å²) >= 11 is 0. The highest BCUT2D eigenvalue weighted by molar-refractivity contribution is 7.89. The van der Waals surface area contributed by atoms with E-state index in [1.807, 2.05) is 0 Å². The summed E-state index contributed by atoms with van der Waals surface area (Å²) in [7, 11) is -3.70. The molecule has 1 aliphatic rings. The van der Waals surface area contributed by atoms with Gasteiger partial charge >= 0.3 is 0 Å². The van der Waals surface area contributed by atoms with Crippen LogP contribution in [0.5, 0.6) is 0 Å². The predicted molar refractivity (Wildman–Crippen MR) is 91.2 cm³/mol. The second-order valence-corrected chi connectivity index (χ2v) is 7.74. The summed E-state index contributed by atoms with van der Waals surface area (Å²) in [6, 6.07) is 4.61. The fourth-order valence-electron chi connectivity index (χ4n) is 2.78. The van der Waals surface area contributed by atoms with Crippen LogP contribution in [-0.2, 0) is 22.0 Å². The Morgan fingerprint density at radius 1 is 1.24 bits per heavy atom. The lowest BCUT2D eigenvalue weighted by Gasteiger charge is -2.17. The number of halogens is 2. The van der Waals surface area contributed by atoms with Gasteiger partial charge in [0.1, 0.15) is 5.82 Å². The molecule has 0 unspecified atom stereocenters. The molecule has 138 valence electrons. The summed E-state index contributed by atoms with van der Waals surface area (Å²) in [4.78, 5) is 4.28. The van der Waals surface area contributed by atoms with Gasteiger partial charge in [0.15, 0.2) is 5.82 Å². The standard InChI is InChI=1S/C15H19FN4O3S.ClH/c16-11-3-5-12(6-4-11)24(21,22)18-10-7-13-19-14(20-23-13)15(17)8-1-2-9-15;/h3-6,18H,1-2,7-10,17H2;1H. The van der Waals surface area contributed by atoms with Crippen LogP contribution in [0.1, 0.15) is 37.4 Å². The highest BCUT2D eigenvalue weighted by atomic mass is 35.5. The first-order valence-corrected chi connectivity index (χ1v) is 9.25. The van der Waals surface area contributed by atoms with Crippen molar-refractivity contribution in [3.8, 4) is 0 Å². The molecule has 10 heteroatoms. The Bertz CT molecular complexity index is 804. The van der Waals surface area contributed by atoms with Crippen molar-refractivity contribution in [2.75, 3.05) is 6.54 Å². The molecule has 1 aromatic carbocycles. The Hall–Kier alpha value is -1.55. The predicted octanol–water partition coefficient (Wildman–Crippen LogP) is 1.88. The van der Waals surface area contributed by atoms with Crippen molar-refractivity contribution in [1.82, 2.24) is 14.9 Å². The normalized spacial score (nSPS) is 16.6. The number of sulfonamides is 1. The maximum atomic E-state index is 12.9. The third-order valence-electron chi connectivity index (χ3n) is 4.16. The molecule has 0 atom stereocenters. The fourth-order valence-corrected chi connectivity index (χ4v) is 3.81. The number of nitrogens with zero attached hydrogens (tertiary/aromatic N) is 2. The molecular formula is C15H20ClFN4O3S. The minimum atomic E-state index is -3.70. The van der Waals surface area contributed by atoms with Crippen LogP contribution < -0.4 is 10.5 Å². The Balaban J connectivity index is 0.00000225. The number of rotatable bonds is 6. The summed E-state index contributed by atoms with van der Waals surface area (Å²) < 4.78 is 44.6. The van der Waals surface area contributed by atoms with E-state index in [4.69, 9.17) is 10.3 Å². The molecule has 0 bridgehead atoms. The molecule has 2 aromatic rings. The molecule has 1 saturated carbocycles. The molecule has 0 spiro atoms. The summed E-state index contributed by atoms with van der Waals surface area (Å²) in [5.41, 5.74) is 5.72. The third-order valence-corrected chi connectivity index (χ3v) is 5.64. The van der Waals surface area contributed by atoms with E-state index >= 15 is 0 Å². The van der Waals surface area contributed by atoms with Crippen LogP contribution in [0.15, 0.2) is 33.7 Å². The van der Waals surface area contributed by atoms with E-state index in [0.29, 0.717) is 11.7 Å².